The third-order valence-electron chi connectivity index (χ3n) is 2.15. The molecule has 0 fully saturated rings. The molecule has 1 aromatic heterocycles. The fraction of sp³-hybridized carbons (Fsp3) is 0.667. The molecule has 0 radical (unpaired) electrons. The summed E-state index contributed by atoms with van der Waals surface area (Å²) in [6.07, 6.45) is 0.945. The third kappa shape index (κ3) is 3.23. The first kappa shape index (κ1) is 11.5. The van der Waals surface area contributed by atoms with Gasteiger partial charge in [0.1, 0.15) is 0 Å². The van der Waals surface area contributed by atoms with Crippen LogP contribution in [0.5, 0.6) is 6.01 Å². The summed E-state index contributed by atoms with van der Waals surface area (Å²) in [5.41, 5.74) is 5.43. The number of methoxy groups -OCH3 is 1. The Balaban J connectivity index is 2.90. The number of nitrogens with one attached hydrogen (secondary N) is 1. The highest BCUT2D eigenvalue weighted by Gasteiger charge is 2.16. The maximum Gasteiger partial charge on any atom is 0.322 e. The molecule has 1 rings (SSSR count). The minimum atomic E-state index is -0.0845. The summed E-state index contributed by atoms with van der Waals surface area (Å²) in [7, 11) is 1.49. The van der Waals surface area contributed by atoms with E-state index in [1.54, 1.807) is 0 Å². The first-order chi connectivity index (χ1) is 6.96. The van der Waals surface area contributed by atoms with Gasteiger partial charge in [-0.25, -0.2) is 0 Å². The van der Waals surface area contributed by atoms with Crippen molar-refractivity contribution in [2.45, 2.75) is 32.7 Å². The SMILES string of the molecule is CCC(C)(C)Nc1nc(N)nc(OC)n1. The van der Waals surface area contributed by atoms with Crippen LogP contribution < -0.4 is 15.8 Å². The highest BCUT2D eigenvalue weighted by Crippen LogP contribution is 2.16. The summed E-state index contributed by atoms with van der Waals surface area (Å²) >= 11 is 0. The Bertz CT molecular complexity index is 339. The van der Waals surface area contributed by atoms with E-state index in [4.69, 9.17) is 10.5 Å². The van der Waals surface area contributed by atoms with Crippen LogP contribution in [0.2, 0.25) is 0 Å². The van der Waals surface area contributed by atoms with E-state index in [0.717, 1.165) is 6.42 Å². The van der Waals surface area contributed by atoms with Crippen molar-refractivity contribution >= 4 is 11.9 Å². The first-order valence-corrected chi connectivity index (χ1v) is 4.80. The van der Waals surface area contributed by atoms with Gasteiger partial charge < -0.3 is 15.8 Å². The van der Waals surface area contributed by atoms with Gasteiger partial charge in [0.05, 0.1) is 7.11 Å². The maximum atomic E-state index is 5.51. The zero-order valence-electron chi connectivity index (χ0n) is 9.53. The first-order valence-electron chi connectivity index (χ1n) is 4.80. The van der Waals surface area contributed by atoms with Crippen LogP contribution in [-0.4, -0.2) is 27.6 Å². The number of nitrogen functional groups attached to an aromatic ring is 1. The summed E-state index contributed by atoms with van der Waals surface area (Å²) in [5.74, 6) is 0.586. The lowest BCUT2D eigenvalue weighted by Gasteiger charge is -2.24. The third-order valence-corrected chi connectivity index (χ3v) is 2.15. The van der Waals surface area contributed by atoms with Gasteiger partial charge in [-0.2, -0.15) is 15.0 Å². The Morgan fingerprint density at radius 3 is 2.53 bits per heavy atom. The standard InChI is InChI=1S/C9H17N5O/c1-5-9(2,3)14-7-11-6(10)12-8(13-7)15-4/h5H2,1-4H3,(H3,10,11,12,13,14). The predicted molar refractivity (Wildman–Crippen MR) is 58.8 cm³/mol. The van der Waals surface area contributed by atoms with Crippen LogP contribution in [0.25, 0.3) is 0 Å². The van der Waals surface area contributed by atoms with Gasteiger partial charge in [-0.15, -0.1) is 0 Å². The van der Waals surface area contributed by atoms with Gasteiger partial charge in [0, 0.05) is 5.54 Å². The van der Waals surface area contributed by atoms with E-state index in [9.17, 15) is 0 Å². The second-order valence-electron chi connectivity index (χ2n) is 3.87. The van der Waals surface area contributed by atoms with E-state index in [1.807, 2.05) is 0 Å². The molecule has 0 aliphatic heterocycles. The predicted octanol–water partition coefficient (Wildman–Crippen LogP) is 1.06. The molecule has 0 saturated heterocycles. The largest absolute Gasteiger partial charge is 0.467 e. The van der Waals surface area contributed by atoms with E-state index in [0.29, 0.717) is 5.95 Å². The van der Waals surface area contributed by atoms with Gasteiger partial charge in [0.25, 0.3) is 0 Å². The molecule has 6 heteroatoms. The number of anilines is 2. The van der Waals surface area contributed by atoms with Crippen LogP contribution in [0.4, 0.5) is 11.9 Å². The van der Waals surface area contributed by atoms with E-state index < -0.39 is 0 Å². The monoisotopic (exact) mass is 211 g/mol. The molecule has 0 unspecified atom stereocenters. The van der Waals surface area contributed by atoms with Gasteiger partial charge in [-0.3, -0.25) is 0 Å². The van der Waals surface area contributed by atoms with E-state index >= 15 is 0 Å². The van der Waals surface area contributed by atoms with Crippen molar-refractivity contribution in [3.05, 3.63) is 0 Å². The van der Waals surface area contributed by atoms with Gasteiger partial charge in [0.15, 0.2) is 0 Å². The fourth-order valence-corrected chi connectivity index (χ4v) is 0.910. The van der Waals surface area contributed by atoms with Crippen LogP contribution in [0, 0.1) is 0 Å². The van der Waals surface area contributed by atoms with Gasteiger partial charge in [-0.1, -0.05) is 6.92 Å². The number of hydrogen-bond acceptors (Lipinski definition) is 6. The molecule has 0 saturated carbocycles. The molecule has 84 valence electrons. The van der Waals surface area contributed by atoms with Crippen LogP contribution >= 0.6 is 0 Å². The molecule has 0 aromatic carbocycles. The molecule has 0 amide bonds. The molecular formula is C9H17N5O. The normalized spacial score (nSPS) is 11.2. The van der Waals surface area contributed by atoms with Crippen molar-refractivity contribution < 1.29 is 4.74 Å². The number of nitrogens with two attached hydrogens (primary N) is 1. The zero-order chi connectivity index (χ0) is 11.5. The Labute approximate surface area is 89.3 Å². The average Bonchev–Trinajstić information content (AvgIpc) is 2.16. The number of nitrogens with zero attached hydrogens (tertiary/aromatic N) is 3. The minimum absolute atomic E-state index is 0.0845. The molecule has 0 aliphatic carbocycles. The summed E-state index contributed by atoms with van der Waals surface area (Å²) in [5, 5.41) is 3.16. The van der Waals surface area contributed by atoms with Crippen LogP contribution in [-0.2, 0) is 0 Å². The molecule has 0 atom stereocenters. The van der Waals surface area contributed by atoms with Gasteiger partial charge in [-0.05, 0) is 20.3 Å². The number of ether oxygens (including phenoxy) is 1. The summed E-state index contributed by atoms with van der Waals surface area (Å²) in [6, 6.07) is 0.219. The topological polar surface area (TPSA) is 86.0 Å². The van der Waals surface area contributed by atoms with Crippen molar-refractivity contribution in [1.82, 2.24) is 15.0 Å². The molecule has 6 nitrogen and oxygen atoms in total. The smallest absolute Gasteiger partial charge is 0.322 e. The maximum absolute atomic E-state index is 5.51. The van der Waals surface area contributed by atoms with Crippen molar-refractivity contribution in [2.24, 2.45) is 0 Å². The summed E-state index contributed by atoms with van der Waals surface area (Å²) < 4.78 is 4.90. The highest BCUT2D eigenvalue weighted by atomic mass is 16.5. The zero-order valence-corrected chi connectivity index (χ0v) is 9.53. The summed E-state index contributed by atoms with van der Waals surface area (Å²) in [4.78, 5) is 11.8. The molecule has 0 aliphatic rings. The molecule has 0 spiro atoms. The molecule has 1 heterocycles. The number of hydrogen-bond donors (Lipinski definition) is 2. The van der Waals surface area contributed by atoms with Crippen molar-refractivity contribution in [1.29, 1.82) is 0 Å². The second-order valence-corrected chi connectivity index (χ2v) is 3.87. The number of rotatable bonds is 4. The molecule has 15 heavy (non-hydrogen) atoms. The van der Waals surface area contributed by atoms with Crippen molar-refractivity contribution in [2.75, 3.05) is 18.2 Å². The second kappa shape index (κ2) is 4.29. The van der Waals surface area contributed by atoms with Crippen molar-refractivity contribution in [3.8, 4) is 6.01 Å². The summed E-state index contributed by atoms with van der Waals surface area (Å²) in [6.45, 7) is 6.19. The highest BCUT2D eigenvalue weighted by molar-refractivity contribution is 5.34. The van der Waals surface area contributed by atoms with Crippen LogP contribution in [0.1, 0.15) is 27.2 Å². The lowest BCUT2D eigenvalue weighted by molar-refractivity contribution is 0.379. The van der Waals surface area contributed by atoms with E-state index in [1.165, 1.54) is 7.11 Å². The van der Waals surface area contributed by atoms with Gasteiger partial charge >= 0.3 is 6.01 Å². The minimum Gasteiger partial charge on any atom is -0.467 e. The lowest BCUT2D eigenvalue weighted by Crippen LogP contribution is -2.31. The molecule has 0 bridgehead atoms. The Hall–Kier alpha value is -1.59. The Kier molecular flexibility index (Phi) is 3.28. The quantitative estimate of drug-likeness (QED) is 0.774. The Morgan fingerprint density at radius 1 is 1.33 bits per heavy atom. The fourth-order valence-electron chi connectivity index (χ4n) is 0.910. The Morgan fingerprint density at radius 2 is 2.00 bits per heavy atom. The van der Waals surface area contributed by atoms with E-state index in [2.05, 4.69) is 41.0 Å². The molecule has 3 N–H and O–H groups in total. The average molecular weight is 211 g/mol. The molecular weight excluding hydrogens is 194 g/mol. The van der Waals surface area contributed by atoms with Crippen LogP contribution in [0.15, 0.2) is 0 Å². The van der Waals surface area contributed by atoms with Crippen LogP contribution in [0.3, 0.4) is 0 Å². The molecule has 1 aromatic rings. The number of aromatic nitrogens is 3. The van der Waals surface area contributed by atoms with E-state index in [-0.39, 0.29) is 17.5 Å². The lowest BCUT2D eigenvalue weighted by atomic mass is 10.0. The van der Waals surface area contributed by atoms with Crippen molar-refractivity contribution in [3.63, 3.8) is 0 Å². The van der Waals surface area contributed by atoms with Gasteiger partial charge in [0.2, 0.25) is 11.9 Å².